The molecule has 0 saturated carbocycles. The Labute approximate surface area is 150 Å². The average molecular weight is 388 g/mol. The zero-order valence-corrected chi connectivity index (χ0v) is 15.1. The molecule has 0 bridgehead atoms. The van der Waals surface area contributed by atoms with Crippen LogP contribution in [0.3, 0.4) is 0 Å². The van der Waals surface area contributed by atoms with E-state index in [1.54, 1.807) is 43.3 Å². The van der Waals surface area contributed by atoms with Crippen LogP contribution >= 0.6 is 23.2 Å². The predicted molar refractivity (Wildman–Crippen MR) is 93.2 cm³/mol. The number of ether oxygens (including phenoxy) is 2. The molecule has 128 valence electrons. The molecule has 1 aliphatic heterocycles. The van der Waals surface area contributed by atoms with Crippen molar-refractivity contribution in [3.8, 4) is 11.5 Å². The molecule has 0 spiro atoms. The van der Waals surface area contributed by atoms with Crippen molar-refractivity contribution in [2.45, 2.75) is 18.7 Å². The molecule has 0 amide bonds. The van der Waals surface area contributed by atoms with Gasteiger partial charge in [0.15, 0.2) is 11.5 Å². The van der Waals surface area contributed by atoms with Gasteiger partial charge in [-0.2, -0.15) is 0 Å². The number of hydrogen-bond donors (Lipinski definition) is 1. The fourth-order valence-corrected chi connectivity index (χ4v) is 4.11. The maximum absolute atomic E-state index is 12.4. The van der Waals surface area contributed by atoms with Crippen molar-refractivity contribution >= 4 is 33.2 Å². The Morgan fingerprint density at radius 2 is 1.83 bits per heavy atom. The molecule has 0 radical (unpaired) electrons. The van der Waals surface area contributed by atoms with E-state index in [0.717, 1.165) is 5.56 Å². The molecule has 5 nitrogen and oxygen atoms in total. The lowest BCUT2D eigenvalue weighted by atomic mass is 10.1. The molecule has 1 heterocycles. The highest BCUT2D eigenvalue weighted by Crippen LogP contribution is 2.34. The van der Waals surface area contributed by atoms with E-state index < -0.39 is 16.1 Å². The van der Waals surface area contributed by atoms with Gasteiger partial charge in [0.2, 0.25) is 16.8 Å². The summed E-state index contributed by atoms with van der Waals surface area (Å²) in [5.74, 6) is 1.09. The lowest BCUT2D eigenvalue weighted by molar-refractivity contribution is 0.174. The minimum atomic E-state index is -3.55. The Bertz CT molecular complexity index is 870. The molecule has 1 aliphatic rings. The Morgan fingerprint density at radius 3 is 2.58 bits per heavy atom. The number of nitrogens with one attached hydrogen (secondary N) is 1. The molecule has 0 saturated heterocycles. The summed E-state index contributed by atoms with van der Waals surface area (Å²) in [6.45, 7) is 1.94. The Kier molecular flexibility index (Phi) is 4.92. The zero-order valence-electron chi connectivity index (χ0n) is 12.8. The molecule has 0 aromatic heterocycles. The maximum Gasteiger partial charge on any atom is 0.231 e. The molecular weight excluding hydrogens is 373 g/mol. The van der Waals surface area contributed by atoms with E-state index in [9.17, 15) is 8.42 Å². The number of benzene rings is 2. The van der Waals surface area contributed by atoms with Crippen molar-refractivity contribution in [3.05, 3.63) is 57.6 Å². The molecular formula is C16H15Cl2NO4S. The minimum absolute atomic E-state index is 0.177. The number of halogens is 2. The molecule has 1 N–H and O–H groups in total. The third kappa shape index (κ3) is 3.95. The highest BCUT2D eigenvalue weighted by atomic mass is 35.5. The highest BCUT2D eigenvalue weighted by Gasteiger charge is 2.20. The largest absolute Gasteiger partial charge is 0.454 e. The van der Waals surface area contributed by atoms with Crippen LogP contribution < -0.4 is 14.2 Å². The third-order valence-electron chi connectivity index (χ3n) is 3.59. The second-order valence-corrected chi connectivity index (χ2v) is 8.03. The van der Waals surface area contributed by atoms with Crippen molar-refractivity contribution in [1.82, 2.24) is 4.72 Å². The predicted octanol–water partition coefficient (Wildman–Crippen LogP) is 3.90. The lowest BCUT2D eigenvalue weighted by Gasteiger charge is -2.15. The maximum atomic E-state index is 12.4. The van der Waals surface area contributed by atoms with Crippen LogP contribution in [0.4, 0.5) is 0 Å². The van der Waals surface area contributed by atoms with Crippen LogP contribution in [0.25, 0.3) is 0 Å². The van der Waals surface area contributed by atoms with Crippen LogP contribution in [-0.4, -0.2) is 15.2 Å². The van der Waals surface area contributed by atoms with Gasteiger partial charge in [-0.25, -0.2) is 13.1 Å². The van der Waals surface area contributed by atoms with Gasteiger partial charge in [-0.05, 0) is 42.3 Å². The van der Waals surface area contributed by atoms with Gasteiger partial charge in [-0.3, -0.25) is 0 Å². The van der Waals surface area contributed by atoms with Gasteiger partial charge in [-0.1, -0.05) is 35.3 Å². The first-order chi connectivity index (χ1) is 11.3. The van der Waals surface area contributed by atoms with Gasteiger partial charge < -0.3 is 9.47 Å². The molecule has 0 fully saturated rings. The number of hydrogen-bond acceptors (Lipinski definition) is 4. The normalized spacial score (nSPS) is 14.6. The summed E-state index contributed by atoms with van der Waals surface area (Å²) in [6, 6.07) is 9.70. The Balaban J connectivity index is 1.72. The lowest BCUT2D eigenvalue weighted by Crippen LogP contribution is -2.28. The van der Waals surface area contributed by atoms with E-state index in [1.165, 1.54) is 0 Å². The zero-order chi connectivity index (χ0) is 17.3. The van der Waals surface area contributed by atoms with Gasteiger partial charge in [0.05, 0.1) is 15.8 Å². The number of sulfonamides is 1. The van der Waals surface area contributed by atoms with E-state index in [-0.39, 0.29) is 12.5 Å². The Morgan fingerprint density at radius 1 is 1.08 bits per heavy atom. The molecule has 1 atom stereocenters. The molecule has 2 aromatic carbocycles. The van der Waals surface area contributed by atoms with Crippen molar-refractivity contribution in [2.75, 3.05) is 6.79 Å². The fraction of sp³-hybridized carbons (Fsp3) is 0.250. The topological polar surface area (TPSA) is 64.6 Å². The SMILES string of the molecule is CC(NS(=O)(=O)Cc1ccc(Cl)c(Cl)c1)c1ccc2c(c1)OCO2. The second kappa shape index (κ2) is 6.80. The van der Waals surface area contributed by atoms with Crippen LogP contribution in [0.2, 0.25) is 10.0 Å². The van der Waals surface area contributed by atoms with Crippen molar-refractivity contribution in [2.24, 2.45) is 0 Å². The van der Waals surface area contributed by atoms with Crippen LogP contribution in [0.15, 0.2) is 36.4 Å². The van der Waals surface area contributed by atoms with Gasteiger partial charge in [0.25, 0.3) is 0 Å². The first kappa shape index (κ1) is 17.4. The van der Waals surface area contributed by atoms with E-state index in [1.807, 2.05) is 0 Å². The molecule has 8 heteroatoms. The standard InChI is InChI=1S/C16H15Cl2NO4S/c1-10(12-3-5-15-16(7-12)23-9-22-15)19-24(20,21)8-11-2-4-13(17)14(18)6-11/h2-7,10,19H,8-9H2,1H3. The summed E-state index contributed by atoms with van der Waals surface area (Å²) in [5.41, 5.74) is 1.35. The van der Waals surface area contributed by atoms with Crippen LogP contribution in [0, 0.1) is 0 Å². The van der Waals surface area contributed by atoms with Crippen molar-refractivity contribution in [3.63, 3.8) is 0 Å². The van der Waals surface area contributed by atoms with E-state index >= 15 is 0 Å². The number of rotatable bonds is 5. The Hall–Kier alpha value is -1.47. The minimum Gasteiger partial charge on any atom is -0.454 e. The van der Waals surface area contributed by atoms with Gasteiger partial charge in [0.1, 0.15) is 0 Å². The summed E-state index contributed by atoms with van der Waals surface area (Å²) in [6.07, 6.45) is 0. The molecule has 24 heavy (non-hydrogen) atoms. The molecule has 2 aromatic rings. The summed E-state index contributed by atoms with van der Waals surface area (Å²) < 4.78 is 37.9. The van der Waals surface area contributed by atoms with E-state index in [4.69, 9.17) is 32.7 Å². The first-order valence-electron chi connectivity index (χ1n) is 7.17. The summed E-state index contributed by atoms with van der Waals surface area (Å²) in [5, 5.41) is 0.715. The van der Waals surface area contributed by atoms with Crippen molar-refractivity contribution < 1.29 is 17.9 Å². The molecule has 3 rings (SSSR count). The smallest absolute Gasteiger partial charge is 0.231 e. The first-order valence-corrected chi connectivity index (χ1v) is 9.58. The van der Waals surface area contributed by atoms with Crippen molar-refractivity contribution in [1.29, 1.82) is 0 Å². The van der Waals surface area contributed by atoms with E-state index in [2.05, 4.69) is 4.72 Å². The summed E-state index contributed by atoms with van der Waals surface area (Å²) in [4.78, 5) is 0. The van der Waals surface area contributed by atoms with E-state index in [0.29, 0.717) is 27.1 Å². The van der Waals surface area contributed by atoms with Gasteiger partial charge >= 0.3 is 0 Å². The monoisotopic (exact) mass is 387 g/mol. The van der Waals surface area contributed by atoms with Gasteiger partial charge in [-0.15, -0.1) is 0 Å². The second-order valence-electron chi connectivity index (χ2n) is 5.46. The van der Waals surface area contributed by atoms with Gasteiger partial charge in [0, 0.05) is 6.04 Å². The fourth-order valence-electron chi connectivity index (χ4n) is 2.41. The summed E-state index contributed by atoms with van der Waals surface area (Å²) >= 11 is 11.8. The third-order valence-corrected chi connectivity index (χ3v) is 5.76. The van der Waals surface area contributed by atoms with Crippen LogP contribution in [0.5, 0.6) is 11.5 Å². The molecule has 1 unspecified atom stereocenters. The van der Waals surface area contributed by atoms with Crippen LogP contribution in [-0.2, 0) is 15.8 Å². The van der Waals surface area contributed by atoms with Crippen LogP contribution in [0.1, 0.15) is 24.1 Å². The highest BCUT2D eigenvalue weighted by molar-refractivity contribution is 7.88. The number of fused-ring (bicyclic) bond motifs is 1. The quantitative estimate of drug-likeness (QED) is 0.844. The average Bonchev–Trinajstić information content (AvgIpc) is 2.97. The molecule has 0 aliphatic carbocycles. The summed E-state index contributed by atoms with van der Waals surface area (Å²) in [7, 11) is -3.55.